The molecule has 0 radical (unpaired) electrons. The number of hydrogen-bond acceptors (Lipinski definition) is 4. The third kappa shape index (κ3) is 4.77. The van der Waals surface area contributed by atoms with Gasteiger partial charge in [0.2, 0.25) is 10.0 Å². The van der Waals surface area contributed by atoms with Crippen molar-refractivity contribution in [2.45, 2.75) is 30.0 Å². The van der Waals surface area contributed by atoms with E-state index in [1.54, 1.807) is 0 Å². The van der Waals surface area contributed by atoms with Gasteiger partial charge in [-0.2, -0.15) is 4.31 Å². The van der Waals surface area contributed by atoms with Gasteiger partial charge < -0.3 is 10.4 Å². The summed E-state index contributed by atoms with van der Waals surface area (Å²) in [6.07, 6.45) is -2.96. The number of β-amino-alcohol motifs (C(OH)–C–C–N with tert-alkyl or cyclic N) is 1. The maximum atomic E-state index is 14.4. The molecule has 0 aliphatic carbocycles. The summed E-state index contributed by atoms with van der Waals surface area (Å²) >= 11 is 5.66. The summed E-state index contributed by atoms with van der Waals surface area (Å²) in [5, 5.41) is 12.0. The van der Waals surface area contributed by atoms with Gasteiger partial charge >= 0.3 is 0 Å². The molecule has 2 unspecified atom stereocenters. The fourth-order valence-electron chi connectivity index (χ4n) is 3.05. The molecular formula is C19H18ClF3N2O4S. The molecular weight excluding hydrogens is 445 g/mol. The van der Waals surface area contributed by atoms with E-state index in [1.807, 2.05) is 0 Å². The van der Waals surface area contributed by atoms with E-state index in [0.29, 0.717) is 0 Å². The van der Waals surface area contributed by atoms with Crippen molar-refractivity contribution in [1.82, 2.24) is 4.31 Å². The summed E-state index contributed by atoms with van der Waals surface area (Å²) in [6.45, 7) is -0.614. The van der Waals surface area contributed by atoms with Crippen molar-refractivity contribution in [2.75, 3.05) is 18.4 Å². The molecule has 1 saturated heterocycles. The van der Waals surface area contributed by atoms with E-state index in [-0.39, 0.29) is 35.7 Å². The minimum absolute atomic E-state index is 0.0155. The van der Waals surface area contributed by atoms with E-state index >= 15 is 0 Å². The van der Waals surface area contributed by atoms with Gasteiger partial charge in [0.25, 0.3) is 5.91 Å². The third-order valence-corrected chi connectivity index (χ3v) is 6.85. The van der Waals surface area contributed by atoms with Crippen molar-refractivity contribution in [1.29, 1.82) is 0 Å². The smallest absolute Gasteiger partial charge is 0.255 e. The summed E-state index contributed by atoms with van der Waals surface area (Å²) in [6, 6.07) is 6.24. The molecule has 1 aliphatic rings. The van der Waals surface area contributed by atoms with Crippen LogP contribution in [0.15, 0.2) is 41.3 Å². The van der Waals surface area contributed by atoms with Crippen LogP contribution in [0.2, 0.25) is 5.02 Å². The normalized spacial score (nSPS) is 20.6. The summed E-state index contributed by atoms with van der Waals surface area (Å²) in [5.41, 5.74) is -0.0149. The average molecular weight is 463 g/mol. The van der Waals surface area contributed by atoms with Crippen LogP contribution in [0.4, 0.5) is 18.9 Å². The zero-order valence-electron chi connectivity index (χ0n) is 15.5. The highest BCUT2D eigenvalue weighted by atomic mass is 35.5. The first kappa shape index (κ1) is 22.5. The number of amides is 1. The predicted octanol–water partition coefficient (Wildman–Crippen LogP) is 3.35. The van der Waals surface area contributed by atoms with Crippen molar-refractivity contribution in [3.05, 3.63) is 58.6 Å². The van der Waals surface area contributed by atoms with Gasteiger partial charge in [0.1, 0.15) is 22.7 Å². The fraction of sp³-hybridized carbons (Fsp3) is 0.316. The number of halogens is 4. The Morgan fingerprint density at radius 2 is 1.87 bits per heavy atom. The van der Waals surface area contributed by atoms with Crippen LogP contribution < -0.4 is 5.32 Å². The van der Waals surface area contributed by atoms with Gasteiger partial charge in [-0.15, -0.1) is 0 Å². The Morgan fingerprint density at radius 1 is 1.17 bits per heavy atom. The standard InChI is InChI=1S/C19H18ClF3N2O4S/c20-13-9-12(4-6-14(13)21)24-19(27)11-3-5-16(23)18(8-11)30(28,29)25-7-1-2-15(22)17(26)10-25/h3-6,8-9,15,17,26H,1-2,7,10H2,(H,24,27). The molecule has 2 aromatic carbocycles. The van der Waals surface area contributed by atoms with Gasteiger partial charge in [0.15, 0.2) is 0 Å². The lowest BCUT2D eigenvalue weighted by Crippen LogP contribution is -2.39. The SMILES string of the molecule is O=C(Nc1ccc(F)c(Cl)c1)c1ccc(F)c(S(=O)(=O)N2CCCC(F)C(O)C2)c1. The lowest BCUT2D eigenvalue weighted by atomic mass is 10.1. The Morgan fingerprint density at radius 3 is 2.57 bits per heavy atom. The largest absolute Gasteiger partial charge is 0.389 e. The molecule has 1 fully saturated rings. The highest BCUT2D eigenvalue weighted by molar-refractivity contribution is 7.89. The number of aliphatic hydroxyl groups is 1. The molecule has 0 spiro atoms. The van der Waals surface area contributed by atoms with Crippen LogP contribution in [0.1, 0.15) is 23.2 Å². The lowest BCUT2D eigenvalue weighted by Gasteiger charge is -2.22. The Labute approximate surface area is 176 Å². The van der Waals surface area contributed by atoms with Crippen LogP contribution in [-0.4, -0.2) is 49.1 Å². The molecule has 0 bridgehead atoms. The zero-order valence-corrected chi connectivity index (χ0v) is 17.1. The first-order valence-electron chi connectivity index (χ1n) is 8.98. The minimum atomic E-state index is -4.43. The number of nitrogens with zero attached hydrogens (tertiary/aromatic N) is 1. The molecule has 6 nitrogen and oxygen atoms in total. The Bertz CT molecular complexity index is 1070. The van der Waals surface area contributed by atoms with Crippen LogP contribution in [-0.2, 0) is 10.0 Å². The van der Waals surface area contributed by atoms with E-state index in [2.05, 4.69) is 5.32 Å². The highest BCUT2D eigenvalue weighted by Crippen LogP contribution is 2.26. The van der Waals surface area contributed by atoms with E-state index < -0.39 is 51.3 Å². The van der Waals surface area contributed by atoms with Gasteiger partial charge in [0, 0.05) is 24.3 Å². The van der Waals surface area contributed by atoms with E-state index in [1.165, 1.54) is 12.1 Å². The third-order valence-electron chi connectivity index (χ3n) is 4.68. The number of anilines is 1. The second kappa shape index (κ2) is 8.93. The minimum Gasteiger partial charge on any atom is -0.389 e. The predicted molar refractivity (Wildman–Crippen MR) is 105 cm³/mol. The molecule has 0 saturated carbocycles. The summed E-state index contributed by atoms with van der Waals surface area (Å²) in [4.78, 5) is 11.7. The molecule has 162 valence electrons. The van der Waals surface area contributed by atoms with E-state index in [9.17, 15) is 31.5 Å². The monoisotopic (exact) mass is 462 g/mol. The van der Waals surface area contributed by atoms with Crippen LogP contribution >= 0.6 is 11.6 Å². The molecule has 2 atom stereocenters. The van der Waals surface area contributed by atoms with Crippen molar-refractivity contribution in [3.8, 4) is 0 Å². The van der Waals surface area contributed by atoms with Crippen LogP contribution in [0.3, 0.4) is 0 Å². The second-order valence-corrected chi connectivity index (χ2v) is 9.13. The molecule has 30 heavy (non-hydrogen) atoms. The number of sulfonamides is 1. The highest BCUT2D eigenvalue weighted by Gasteiger charge is 2.34. The second-order valence-electron chi connectivity index (χ2n) is 6.82. The molecule has 1 heterocycles. The Balaban J connectivity index is 1.88. The summed E-state index contributed by atoms with van der Waals surface area (Å²) < 4.78 is 67.9. The number of benzene rings is 2. The number of rotatable bonds is 4. The first-order chi connectivity index (χ1) is 14.1. The van der Waals surface area contributed by atoms with Gasteiger partial charge in [-0.1, -0.05) is 11.6 Å². The number of nitrogens with one attached hydrogen (secondary N) is 1. The van der Waals surface area contributed by atoms with Crippen LogP contribution in [0.25, 0.3) is 0 Å². The Hall–Kier alpha value is -2.14. The van der Waals surface area contributed by atoms with E-state index in [0.717, 1.165) is 28.6 Å². The number of carbonyl (C=O) groups is 1. The molecule has 1 amide bonds. The van der Waals surface area contributed by atoms with Gasteiger partial charge in [-0.3, -0.25) is 4.79 Å². The number of alkyl halides is 1. The summed E-state index contributed by atoms with van der Waals surface area (Å²) in [5.74, 6) is -2.54. The maximum Gasteiger partial charge on any atom is 0.255 e. The molecule has 11 heteroatoms. The first-order valence-corrected chi connectivity index (χ1v) is 10.8. The number of hydrogen-bond donors (Lipinski definition) is 2. The van der Waals surface area contributed by atoms with Crippen molar-refractivity contribution < 1.29 is 31.5 Å². The molecule has 2 N–H and O–H groups in total. The summed E-state index contributed by atoms with van der Waals surface area (Å²) in [7, 11) is -4.43. The molecule has 1 aliphatic heterocycles. The molecule has 2 aromatic rings. The van der Waals surface area contributed by atoms with Gasteiger partial charge in [0.05, 0.1) is 11.1 Å². The van der Waals surface area contributed by atoms with Crippen LogP contribution in [0, 0.1) is 11.6 Å². The zero-order chi connectivity index (χ0) is 22.1. The fourth-order valence-corrected chi connectivity index (χ4v) is 4.81. The van der Waals surface area contributed by atoms with Gasteiger partial charge in [-0.25, -0.2) is 21.6 Å². The topological polar surface area (TPSA) is 86.7 Å². The molecule has 3 rings (SSSR count). The van der Waals surface area contributed by atoms with E-state index in [4.69, 9.17) is 11.6 Å². The average Bonchev–Trinajstić information content (AvgIpc) is 2.86. The Kier molecular flexibility index (Phi) is 6.71. The number of aliphatic hydroxyl groups excluding tert-OH is 1. The van der Waals surface area contributed by atoms with Crippen molar-refractivity contribution >= 4 is 33.2 Å². The van der Waals surface area contributed by atoms with Crippen molar-refractivity contribution in [3.63, 3.8) is 0 Å². The van der Waals surface area contributed by atoms with Gasteiger partial charge in [-0.05, 0) is 49.2 Å². The molecule has 0 aromatic heterocycles. The van der Waals surface area contributed by atoms with Crippen LogP contribution in [0.5, 0.6) is 0 Å². The quantitative estimate of drug-likeness (QED) is 0.729. The lowest BCUT2D eigenvalue weighted by molar-refractivity contribution is 0.0710. The maximum absolute atomic E-state index is 14.4. The number of carbonyl (C=O) groups excluding carboxylic acids is 1. The van der Waals surface area contributed by atoms with Crippen molar-refractivity contribution in [2.24, 2.45) is 0 Å².